The number of hydrogen-bond acceptors (Lipinski definition) is 4. The van der Waals surface area contributed by atoms with Crippen molar-refractivity contribution in [3.8, 4) is 0 Å². The predicted octanol–water partition coefficient (Wildman–Crippen LogP) is 0.866. The molecule has 6 heteroatoms. The van der Waals surface area contributed by atoms with Crippen molar-refractivity contribution in [1.29, 1.82) is 0 Å². The Morgan fingerprint density at radius 1 is 1.22 bits per heavy atom. The van der Waals surface area contributed by atoms with Crippen molar-refractivity contribution in [2.45, 2.75) is 13.1 Å². The second-order valence-corrected chi connectivity index (χ2v) is 6.39. The summed E-state index contributed by atoms with van der Waals surface area (Å²) in [5.74, 6) is -0.351. The van der Waals surface area contributed by atoms with Crippen LogP contribution < -0.4 is 10.2 Å². The van der Waals surface area contributed by atoms with Gasteiger partial charge in [0.1, 0.15) is 6.54 Å². The van der Waals surface area contributed by atoms with Gasteiger partial charge in [-0.15, -0.1) is 11.3 Å². The summed E-state index contributed by atoms with van der Waals surface area (Å²) in [7, 11) is 3.36. The molecule has 0 bridgehead atoms. The standard InChI is InChI=1S/C17H20N2O3S/c1-19(11-15-4-3-9-23-15)12-16(20)18-10-13-5-7-14(8-6-13)17(21)22-2/h3-9H,10-12H2,1-2H3,(H,18,20)/p+1. The molecule has 0 aliphatic carbocycles. The highest BCUT2D eigenvalue weighted by molar-refractivity contribution is 7.09. The third-order valence-corrected chi connectivity index (χ3v) is 4.26. The van der Waals surface area contributed by atoms with E-state index in [1.165, 1.54) is 12.0 Å². The number of quaternary nitrogens is 1. The number of methoxy groups -OCH3 is 1. The van der Waals surface area contributed by atoms with Crippen LogP contribution in [0.5, 0.6) is 0 Å². The summed E-state index contributed by atoms with van der Waals surface area (Å²) in [5.41, 5.74) is 1.45. The summed E-state index contributed by atoms with van der Waals surface area (Å²) in [4.78, 5) is 25.7. The Morgan fingerprint density at radius 2 is 1.96 bits per heavy atom. The van der Waals surface area contributed by atoms with Crippen molar-refractivity contribution in [3.63, 3.8) is 0 Å². The first-order valence-electron chi connectivity index (χ1n) is 7.36. The number of carbonyl (C=O) groups excluding carboxylic acids is 2. The summed E-state index contributed by atoms with van der Waals surface area (Å²) in [6.45, 7) is 1.73. The van der Waals surface area contributed by atoms with Gasteiger partial charge in [0, 0.05) is 6.54 Å². The molecule has 1 unspecified atom stereocenters. The third-order valence-electron chi connectivity index (χ3n) is 3.38. The van der Waals surface area contributed by atoms with E-state index in [2.05, 4.69) is 16.1 Å². The van der Waals surface area contributed by atoms with Crippen LogP contribution in [-0.2, 0) is 22.6 Å². The zero-order valence-corrected chi connectivity index (χ0v) is 14.1. The van der Waals surface area contributed by atoms with Gasteiger partial charge in [0.15, 0.2) is 6.54 Å². The minimum absolute atomic E-state index is 0.0103. The lowest BCUT2D eigenvalue weighted by molar-refractivity contribution is -0.885. The Labute approximate surface area is 139 Å². The van der Waals surface area contributed by atoms with E-state index in [0.29, 0.717) is 18.7 Å². The van der Waals surface area contributed by atoms with E-state index in [1.54, 1.807) is 23.5 Å². The average molecular weight is 333 g/mol. The normalized spacial score (nSPS) is 11.7. The SMILES string of the molecule is COC(=O)c1ccc(CNC(=O)C[NH+](C)Cc2cccs2)cc1. The first-order valence-corrected chi connectivity index (χ1v) is 8.24. The van der Waals surface area contributed by atoms with Crippen molar-refractivity contribution < 1.29 is 19.2 Å². The molecular weight excluding hydrogens is 312 g/mol. The largest absolute Gasteiger partial charge is 0.465 e. The van der Waals surface area contributed by atoms with E-state index >= 15 is 0 Å². The zero-order valence-electron chi connectivity index (χ0n) is 13.3. The van der Waals surface area contributed by atoms with Crippen LogP contribution in [0.4, 0.5) is 0 Å². The summed E-state index contributed by atoms with van der Waals surface area (Å²) < 4.78 is 4.65. The van der Waals surface area contributed by atoms with E-state index in [1.807, 2.05) is 30.6 Å². The van der Waals surface area contributed by atoms with Gasteiger partial charge >= 0.3 is 5.97 Å². The molecule has 1 amide bonds. The molecule has 1 atom stereocenters. The van der Waals surface area contributed by atoms with Gasteiger partial charge in [-0.1, -0.05) is 18.2 Å². The van der Waals surface area contributed by atoms with Crippen LogP contribution in [0.1, 0.15) is 20.8 Å². The highest BCUT2D eigenvalue weighted by Crippen LogP contribution is 2.06. The van der Waals surface area contributed by atoms with Crippen LogP contribution in [0.3, 0.4) is 0 Å². The number of rotatable bonds is 7. The summed E-state index contributed by atoms with van der Waals surface area (Å²) >= 11 is 1.70. The van der Waals surface area contributed by atoms with Gasteiger partial charge in [0.2, 0.25) is 0 Å². The average Bonchev–Trinajstić information content (AvgIpc) is 3.05. The fourth-order valence-corrected chi connectivity index (χ4v) is 3.01. The molecule has 23 heavy (non-hydrogen) atoms. The number of thiophene rings is 1. The van der Waals surface area contributed by atoms with Gasteiger partial charge in [-0.25, -0.2) is 4.79 Å². The molecule has 0 aliphatic heterocycles. The van der Waals surface area contributed by atoms with Crippen LogP contribution in [0.15, 0.2) is 41.8 Å². The van der Waals surface area contributed by atoms with Crippen LogP contribution in [0, 0.1) is 0 Å². The highest BCUT2D eigenvalue weighted by Gasteiger charge is 2.11. The number of ether oxygens (including phenoxy) is 1. The predicted molar refractivity (Wildman–Crippen MR) is 89.4 cm³/mol. The zero-order chi connectivity index (χ0) is 16.7. The monoisotopic (exact) mass is 333 g/mol. The topological polar surface area (TPSA) is 59.8 Å². The van der Waals surface area contributed by atoms with E-state index in [4.69, 9.17) is 0 Å². The van der Waals surface area contributed by atoms with Gasteiger partial charge < -0.3 is 15.0 Å². The lowest BCUT2D eigenvalue weighted by Gasteiger charge is -2.13. The Kier molecular flexibility index (Phi) is 6.31. The van der Waals surface area contributed by atoms with Gasteiger partial charge in [-0.3, -0.25) is 4.79 Å². The quantitative estimate of drug-likeness (QED) is 0.739. The molecule has 0 spiro atoms. The molecule has 1 heterocycles. The molecule has 0 saturated carbocycles. The first kappa shape index (κ1) is 17.2. The number of nitrogens with one attached hydrogen (secondary N) is 2. The second-order valence-electron chi connectivity index (χ2n) is 5.36. The minimum atomic E-state index is -0.362. The maximum Gasteiger partial charge on any atom is 0.337 e. The van der Waals surface area contributed by atoms with Crippen molar-refractivity contribution >= 4 is 23.2 Å². The second kappa shape index (κ2) is 8.45. The van der Waals surface area contributed by atoms with E-state index in [0.717, 1.165) is 17.0 Å². The van der Waals surface area contributed by atoms with E-state index < -0.39 is 0 Å². The van der Waals surface area contributed by atoms with Crippen LogP contribution in [0.25, 0.3) is 0 Å². The fraction of sp³-hybridized carbons (Fsp3) is 0.294. The van der Waals surface area contributed by atoms with Crippen molar-refractivity contribution in [2.24, 2.45) is 0 Å². The van der Waals surface area contributed by atoms with Gasteiger partial charge in [-0.05, 0) is 29.1 Å². The van der Waals surface area contributed by atoms with E-state index in [9.17, 15) is 9.59 Å². The van der Waals surface area contributed by atoms with Crippen LogP contribution >= 0.6 is 11.3 Å². The maximum atomic E-state index is 12.0. The lowest BCUT2D eigenvalue weighted by atomic mass is 10.1. The molecule has 1 aromatic carbocycles. The number of carbonyl (C=O) groups is 2. The van der Waals surface area contributed by atoms with Crippen LogP contribution in [0.2, 0.25) is 0 Å². The Balaban J connectivity index is 1.76. The Morgan fingerprint density at radius 3 is 2.57 bits per heavy atom. The Hall–Kier alpha value is -2.18. The Bertz CT molecular complexity index is 638. The molecule has 2 N–H and O–H groups in total. The maximum absolute atomic E-state index is 12.0. The van der Waals surface area contributed by atoms with Gasteiger partial charge in [0.25, 0.3) is 5.91 Å². The molecule has 122 valence electrons. The van der Waals surface area contributed by atoms with Crippen molar-refractivity contribution in [2.75, 3.05) is 20.7 Å². The number of amides is 1. The summed E-state index contributed by atoms with van der Waals surface area (Å²) in [5, 5.41) is 4.94. The van der Waals surface area contributed by atoms with Gasteiger partial charge in [0.05, 0.1) is 24.6 Å². The fourth-order valence-electron chi connectivity index (χ4n) is 2.19. The number of esters is 1. The summed E-state index contributed by atoms with van der Waals surface area (Å²) in [6, 6.07) is 11.1. The first-order chi connectivity index (χ1) is 11.1. The van der Waals surface area contributed by atoms with Gasteiger partial charge in [-0.2, -0.15) is 0 Å². The smallest absolute Gasteiger partial charge is 0.337 e. The lowest BCUT2D eigenvalue weighted by Crippen LogP contribution is -3.08. The van der Waals surface area contributed by atoms with Crippen molar-refractivity contribution in [1.82, 2.24) is 5.32 Å². The summed E-state index contributed by atoms with van der Waals surface area (Å²) in [6.07, 6.45) is 0. The molecule has 5 nitrogen and oxygen atoms in total. The molecule has 2 rings (SSSR count). The molecule has 0 radical (unpaired) electrons. The third kappa shape index (κ3) is 5.50. The molecule has 0 fully saturated rings. The number of likely N-dealkylation sites (N-methyl/N-ethyl adjacent to an activating group) is 1. The molecule has 0 aliphatic rings. The molecule has 0 saturated heterocycles. The molecule has 1 aromatic heterocycles. The molecule has 2 aromatic rings. The van der Waals surface area contributed by atoms with Crippen LogP contribution in [-0.4, -0.2) is 32.6 Å². The highest BCUT2D eigenvalue weighted by atomic mass is 32.1. The minimum Gasteiger partial charge on any atom is -0.465 e. The number of hydrogen-bond donors (Lipinski definition) is 2. The molecular formula is C17H21N2O3S+. The van der Waals surface area contributed by atoms with Crippen molar-refractivity contribution in [3.05, 3.63) is 57.8 Å². The van der Waals surface area contributed by atoms with E-state index in [-0.39, 0.29) is 11.9 Å². The number of benzene rings is 1.